The van der Waals surface area contributed by atoms with E-state index in [-0.39, 0.29) is 0 Å². The number of fused-ring (bicyclic) bond motifs is 1. The number of aryl methyl sites for hydroxylation is 1. The van der Waals surface area contributed by atoms with Crippen LogP contribution in [-0.2, 0) is 19.4 Å². The second-order valence-electron chi connectivity index (χ2n) is 5.42. The molecule has 0 bridgehead atoms. The van der Waals surface area contributed by atoms with Crippen molar-refractivity contribution in [1.29, 1.82) is 0 Å². The van der Waals surface area contributed by atoms with E-state index >= 15 is 0 Å². The van der Waals surface area contributed by atoms with Crippen LogP contribution in [0.15, 0.2) is 48.5 Å². The molecule has 2 aromatic carbocycles. The molecular formula is C18H20N2S. The Morgan fingerprint density at radius 2 is 1.81 bits per heavy atom. The molecular weight excluding hydrogens is 276 g/mol. The van der Waals surface area contributed by atoms with Crippen LogP contribution in [0.2, 0.25) is 0 Å². The lowest BCUT2D eigenvalue weighted by molar-refractivity contribution is 0.399. The fourth-order valence-electron chi connectivity index (χ4n) is 2.70. The molecule has 1 N–H and O–H groups in total. The summed E-state index contributed by atoms with van der Waals surface area (Å²) in [6, 6.07) is 17.1. The zero-order valence-electron chi connectivity index (χ0n) is 12.3. The highest BCUT2D eigenvalue weighted by Gasteiger charge is 2.17. The zero-order valence-corrected chi connectivity index (χ0v) is 13.1. The number of hydrogen-bond donors (Lipinski definition) is 1. The van der Waals surface area contributed by atoms with Gasteiger partial charge in [-0.2, -0.15) is 0 Å². The van der Waals surface area contributed by atoms with Gasteiger partial charge in [0, 0.05) is 18.8 Å². The number of benzene rings is 2. The largest absolute Gasteiger partial charge is 0.344 e. The topological polar surface area (TPSA) is 15.3 Å². The molecule has 21 heavy (non-hydrogen) atoms. The minimum Gasteiger partial charge on any atom is -0.344 e. The van der Waals surface area contributed by atoms with Crippen molar-refractivity contribution in [2.45, 2.75) is 26.3 Å². The number of hydrogen-bond acceptors (Lipinski definition) is 1. The Balaban J connectivity index is 1.66. The van der Waals surface area contributed by atoms with Gasteiger partial charge in [0.15, 0.2) is 5.11 Å². The molecule has 1 aliphatic rings. The van der Waals surface area contributed by atoms with Crippen LogP contribution >= 0.6 is 12.2 Å². The fraction of sp³-hybridized carbons (Fsp3) is 0.278. The Morgan fingerprint density at radius 1 is 1.10 bits per heavy atom. The number of nitrogens with one attached hydrogen (secondary N) is 1. The first-order chi connectivity index (χ1) is 10.3. The highest BCUT2D eigenvalue weighted by atomic mass is 32.1. The highest BCUT2D eigenvalue weighted by Crippen LogP contribution is 2.19. The van der Waals surface area contributed by atoms with Gasteiger partial charge in [-0.1, -0.05) is 43.3 Å². The van der Waals surface area contributed by atoms with E-state index in [9.17, 15) is 0 Å². The molecule has 2 aromatic rings. The third kappa shape index (κ3) is 3.24. The van der Waals surface area contributed by atoms with Crippen molar-refractivity contribution >= 4 is 23.0 Å². The third-order valence-electron chi connectivity index (χ3n) is 4.03. The van der Waals surface area contributed by atoms with Crippen molar-refractivity contribution in [3.63, 3.8) is 0 Å². The van der Waals surface area contributed by atoms with E-state index < -0.39 is 0 Å². The first-order valence-electron chi connectivity index (χ1n) is 7.48. The molecule has 2 nitrogen and oxygen atoms in total. The first-order valence-corrected chi connectivity index (χ1v) is 7.88. The van der Waals surface area contributed by atoms with E-state index in [4.69, 9.17) is 12.2 Å². The van der Waals surface area contributed by atoms with Crippen molar-refractivity contribution in [3.05, 3.63) is 65.2 Å². The molecule has 3 rings (SSSR count). The quantitative estimate of drug-likeness (QED) is 0.843. The van der Waals surface area contributed by atoms with E-state index in [0.29, 0.717) is 0 Å². The summed E-state index contributed by atoms with van der Waals surface area (Å²) in [6.45, 7) is 4.04. The van der Waals surface area contributed by atoms with Gasteiger partial charge in [0.1, 0.15) is 0 Å². The summed E-state index contributed by atoms with van der Waals surface area (Å²) in [5.74, 6) is 0. The van der Waals surface area contributed by atoms with Crippen LogP contribution in [0.1, 0.15) is 23.6 Å². The molecule has 0 fully saturated rings. The average Bonchev–Trinajstić information content (AvgIpc) is 2.55. The van der Waals surface area contributed by atoms with Crippen LogP contribution in [0, 0.1) is 0 Å². The van der Waals surface area contributed by atoms with Crippen molar-refractivity contribution in [3.8, 4) is 0 Å². The van der Waals surface area contributed by atoms with Crippen LogP contribution in [0.5, 0.6) is 0 Å². The monoisotopic (exact) mass is 296 g/mol. The van der Waals surface area contributed by atoms with Gasteiger partial charge in [0.25, 0.3) is 0 Å². The third-order valence-corrected chi connectivity index (χ3v) is 4.39. The van der Waals surface area contributed by atoms with Crippen LogP contribution in [-0.4, -0.2) is 16.6 Å². The predicted molar refractivity (Wildman–Crippen MR) is 92.6 cm³/mol. The SMILES string of the molecule is CCc1ccc(NC(=S)N2CCc3ccccc3C2)cc1. The maximum absolute atomic E-state index is 5.56. The Bertz CT molecular complexity index is 634. The van der Waals surface area contributed by atoms with E-state index in [1.54, 1.807) is 0 Å². The van der Waals surface area contributed by atoms with E-state index in [2.05, 4.69) is 65.7 Å². The number of nitrogens with zero attached hydrogens (tertiary/aromatic N) is 1. The van der Waals surface area contributed by atoms with Crippen LogP contribution in [0.3, 0.4) is 0 Å². The van der Waals surface area contributed by atoms with Crippen LogP contribution < -0.4 is 5.32 Å². The smallest absolute Gasteiger partial charge is 0.173 e. The number of thiocarbonyl (C=S) groups is 1. The minimum atomic E-state index is 0.814. The highest BCUT2D eigenvalue weighted by molar-refractivity contribution is 7.80. The van der Waals surface area contributed by atoms with Gasteiger partial charge < -0.3 is 10.2 Å². The molecule has 108 valence electrons. The molecule has 0 atom stereocenters. The Hall–Kier alpha value is -1.87. The molecule has 0 radical (unpaired) electrons. The van der Waals surface area contributed by atoms with Gasteiger partial charge in [0.2, 0.25) is 0 Å². The Morgan fingerprint density at radius 3 is 2.52 bits per heavy atom. The second kappa shape index (κ2) is 6.27. The summed E-state index contributed by atoms with van der Waals surface area (Å²) in [6.07, 6.45) is 2.13. The molecule has 0 spiro atoms. The summed E-state index contributed by atoms with van der Waals surface area (Å²) in [7, 11) is 0. The maximum Gasteiger partial charge on any atom is 0.173 e. The average molecular weight is 296 g/mol. The predicted octanol–water partition coefficient (Wildman–Crippen LogP) is 4.00. The first kappa shape index (κ1) is 14.1. The lowest BCUT2D eigenvalue weighted by Gasteiger charge is -2.31. The molecule has 1 heterocycles. The summed E-state index contributed by atoms with van der Waals surface area (Å²) in [5.41, 5.74) is 5.24. The fourth-order valence-corrected chi connectivity index (χ4v) is 2.97. The van der Waals surface area contributed by atoms with E-state index in [1.807, 2.05) is 0 Å². The van der Waals surface area contributed by atoms with Gasteiger partial charge in [0.05, 0.1) is 0 Å². The Labute approximate surface area is 131 Å². The van der Waals surface area contributed by atoms with Crippen molar-refractivity contribution in [1.82, 2.24) is 4.90 Å². The molecule has 0 saturated carbocycles. The van der Waals surface area contributed by atoms with Gasteiger partial charge in [-0.25, -0.2) is 0 Å². The van der Waals surface area contributed by atoms with Crippen LogP contribution in [0.4, 0.5) is 5.69 Å². The lowest BCUT2D eigenvalue weighted by atomic mass is 10.0. The molecule has 3 heteroatoms. The molecule has 0 amide bonds. The van der Waals surface area contributed by atoms with Gasteiger partial charge >= 0.3 is 0 Å². The molecule has 0 saturated heterocycles. The van der Waals surface area contributed by atoms with E-state index in [1.165, 1.54) is 16.7 Å². The normalized spacial score (nSPS) is 13.7. The summed E-state index contributed by atoms with van der Waals surface area (Å²) >= 11 is 5.56. The van der Waals surface area contributed by atoms with Crippen molar-refractivity contribution in [2.75, 3.05) is 11.9 Å². The molecule has 0 aromatic heterocycles. The number of rotatable bonds is 2. The van der Waals surface area contributed by atoms with Gasteiger partial charge in [-0.15, -0.1) is 0 Å². The van der Waals surface area contributed by atoms with E-state index in [0.717, 1.165) is 36.7 Å². The standard InChI is InChI=1S/C18H20N2S/c1-2-14-7-9-17(10-8-14)19-18(21)20-12-11-15-5-3-4-6-16(15)13-20/h3-10H,2,11-13H2,1H3,(H,19,21). The van der Waals surface area contributed by atoms with Crippen molar-refractivity contribution < 1.29 is 0 Å². The number of anilines is 1. The molecule has 1 aliphatic heterocycles. The summed E-state index contributed by atoms with van der Waals surface area (Å²) in [5, 5.41) is 4.16. The summed E-state index contributed by atoms with van der Waals surface area (Å²) < 4.78 is 0. The second-order valence-corrected chi connectivity index (χ2v) is 5.81. The lowest BCUT2D eigenvalue weighted by Crippen LogP contribution is -2.38. The minimum absolute atomic E-state index is 0.814. The van der Waals surface area contributed by atoms with Crippen molar-refractivity contribution in [2.24, 2.45) is 0 Å². The van der Waals surface area contributed by atoms with Crippen LogP contribution in [0.25, 0.3) is 0 Å². The van der Waals surface area contributed by atoms with Gasteiger partial charge in [-0.3, -0.25) is 0 Å². The Kier molecular flexibility index (Phi) is 4.20. The molecule has 0 unspecified atom stereocenters. The molecule has 0 aliphatic carbocycles. The summed E-state index contributed by atoms with van der Waals surface area (Å²) in [4.78, 5) is 2.24. The maximum atomic E-state index is 5.56. The van der Waals surface area contributed by atoms with Gasteiger partial charge in [-0.05, 0) is 53.9 Å². The zero-order chi connectivity index (χ0) is 14.7.